The number of hydrogen-bond donors (Lipinski definition) is 0. The topological polar surface area (TPSA) is 17.1 Å². The Bertz CT molecular complexity index is 180. The van der Waals surface area contributed by atoms with E-state index in [-0.39, 0.29) is 0 Å². The molecule has 0 radical (unpaired) electrons. The summed E-state index contributed by atoms with van der Waals surface area (Å²) < 4.78 is 0. The second kappa shape index (κ2) is 7.86. The molecular weight excluding hydrogens is 196 g/mol. The molecule has 1 fully saturated rings. The molecule has 0 aliphatic heterocycles. The molecule has 0 N–H and O–H groups in total. The van der Waals surface area contributed by atoms with E-state index in [9.17, 15) is 4.79 Å². The van der Waals surface area contributed by atoms with Crippen LogP contribution in [0.15, 0.2) is 0 Å². The average molecular weight is 224 g/mol. The summed E-state index contributed by atoms with van der Waals surface area (Å²) in [7, 11) is 0. The molecule has 0 bridgehead atoms. The molecule has 0 saturated heterocycles. The van der Waals surface area contributed by atoms with Crippen molar-refractivity contribution < 1.29 is 4.79 Å². The van der Waals surface area contributed by atoms with Crippen molar-refractivity contribution in [2.45, 2.75) is 71.6 Å². The molecule has 0 aromatic carbocycles. The van der Waals surface area contributed by atoms with Crippen molar-refractivity contribution in [3.05, 3.63) is 0 Å². The van der Waals surface area contributed by atoms with Gasteiger partial charge in [-0.15, -0.1) is 0 Å². The molecule has 1 aliphatic carbocycles. The highest BCUT2D eigenvalue weighted by atomic mass is 16.1. The molecular formula is C15H28O. The molecule has 1 rings (SSSR count). The van der Waals surface area contributed by atoms with Gasteiger partial charge in [0, 0.05) is 6.42 Å². The van der Waals surface area contributed by atoms with Crippen LogP contribution in [0.4, 0.5) is 0 Å². The van der Waals surface area contributed by atoms with Gasteiger partial charge in [0.2, 0.25) is 0 Å². The molecule has 1 saturated carbocycles. The number of rotatable bonds is 7. The molecule has 0 aromatic rings. The summed E-state index contributed by atoms with van der Waals surface area (Å²) in [5.41, 5.74) is 0. The summed E-state index contributed by atoms with van der Waals surface area (Å²) in [6, 6.07) is 0. The van der Waals surface area contributed by atoms with Gasteiger partial charge in [-0.2, -0.15) is 0 Å². The van der Waals surface area contributed by atoms with Gasteiger partial charge in [0.1, 0.15) is 6.29 Å². The standard InChI is InChI=1S/C15H28O/c1-3-6-14(7-4-5-12-16)15-10-8-13(2)9-11-15/h12-15H,3-11H2,1-2H3/t13?,14-,15?/m1/s1. The van der Waals surface area contributed by atoms with E-state index in [4.69, 9.17) is 0 Å². The molecule has 0 amide bonds. The summed E-state index contributed by atoms with van der Waals surface area (Å²) in [5.74, 6) is 2.81. The summed E-state index contributed by atoms with van der Waals surface area (Å²) in [6.45, 7) is 4.68. The average Bonchev–Trinajstić information content (AvgIpc) is 2.29. The van der Waals surface area contributed by atoms with Gasteiger partial charge in [0.25, 0.3) is 0 Å². The normalized spacial score (nSPS) is 27.6. The van der Waals surface area contributed by atoms with Crippen molar-refractivity contribution in [2.75, 3.05) is 0 Å². The first-order valence-corrected chi connectivity index (χ1v) is 7.21. The molecule has 16 heavy (non-hydrogen) atoms. The van der Waals surface area contributed by atoms with Gasteiger partial charge in [0.05, 0.1) is 0 Å². The fourth-order valence-corrected chi connectivity index (χ4v) is 3.21. The van der Waals surface area contributed by atoms with Crippen LogP contribution in [0.25, 0.3) is 0 Å². The Labute approximate surface area is 101 Å². The quantitative estimate of drug-likeness (QED) is 0.456. The third-order valence-electron chi connectivity index (χ3n) is 4.28. The van der Waals surface area contributed by atoms with Crippen molar-refractivity contribution in [1.82, 2.24) is 0 Å². The Morgan fingerprint density at radius 2 is 1.88 bits per heavy atom. The monoisotopic (exact) mass is 224 g/mol. The van der Waals surface area contributed by atoms with Gasteiger partial charge >= 0.3 is 0 Å². The third kappa shape index (κ3) is 4.67. The van der Waals surface area contributed by atoms with Crippen molar-refractivity contribution in [3.63, 3.8) is 0 Å². The van der Waals surface area contributed by atoms with Gasteiger partial charge < -0.3 is 4.79 Å². The molecule has 0 spiro atoms. The van der Waals surface area contributed by atoms with Gasteiger partial charge in [-0.3, -0.25) is 0 Å². The van der Waals surface area contributed by atoms with Crippen molar-refractivity contribution >= 4 is 6.29 Å². The zero-order valence-electron chi connectivity index (χ0n) is 11.1. The molecule has 0 unspecified atom stereocenters. The van der Waals surface area contributed by atoms with E-state index >= 15 is 0 Å². The van der Waals surface area contributed by atoms with Gasteiger partial charge in [-0.25, -0.2) is 0 Å². The van der Waals surface area contributed by atoms with Crippen LogP contribution in [-0.2, 0) is 4.79 Å². The summed E-state index contributed by atoms with van der Waals surface area (Å²) in [5, 5.41) is 0. The van der Waals surface area contributed by atoms with E-state index in [1.54, 1.807) is 0 Å². The van der Waals surface area contributed by atoms with Crippen molar-refractivity contribution in [2.24, 2.45) is 17.8 Å². The zero-order valence-corrected chi connectivity index (χ0v) is 11.1. The second-order valence-electron chi connectivity index (χ2n) is 5.67. The van der Waals surface area contributed by atoms with E-state index in [0.717, 1.165) is 36.9 Å². The highest BCUT2D eigenvalue weighted by molar-refractivity contribution is 5.48. The number of aldehydes is 1. The highest BCUT2D eigenvalue weighted by Crippen LogP contribution is 2.37. The maximum atomic E-state index is 10.4. The fraction of sp³-hybridized carbons (Fsp3) is 0.933. The van der Waals surface area contributed by atoms with Gasteiger partial charge in [-0.1, -0.05) is 39.5 Å². The van der Waals surface area contributed by atoms with E-state index in [0.29, 0.717) is 0 Å². The van der Waals surface area contributed by atoms with Gasteiger partial charge in [-0.05, 0) is 43.4 Å². The highest BCUT2D eigenvalue weighted by Gasteiger charge is 2.24. The van der Waals surface area contributed by atoms with Gasteiger partial charge in [0.15, 0.2) is 0 Å². The number of carbonyl (C=O) groups is 1. The first kappa shape index (κ1) is 13.7. The third-order valence-corrected chi connectivity index (χ3v) is 4.28. The molecule has 1 atom stereocenters. The maximum Gasteiger partial charge on any atom is 0.119 e. The largest absolute Gasteiger partial charge is 0.303 e. The maximum absolute atomic E-state index is 10.4. The molecule has 1 nitrogen and oxygen atoms in total. The number of carbonyl (C=O) groups excluding carboxylic acids is 1. The van der Waals surface area contributed by atoms with Crippen molar-refractivity contribution in [3.8, 4) is 0 Å². The van der Waals surface area contributed by atoms with E-state index in [1.807, 2.05) is 0 Å². The lowest BCUT2D eigenvalue weighted by Crippen LogP contribution is -2.21. The minimum atomic E-state index is 0.767. The summed E-state index contributed by atoms with van der Waals surface area (Å²) in [4.78, 5) is 10.4. The summed E-state index contributed by atoms with van der Waals surface area (Å²) >= 11 is 0. The Morgan fingerprint density at radius 1 is 1.19 bits per heavy atom. The van der Waals surface area contributed by atoms with Crippen LogP contribution in [0, 0.1) is 17.8 Å². The predicted molar refractivity (Wildman–Crippen MR) is 69.4 cm³/mol. The first-order valence-electron chi connectivity index (χ1n) is 7.21. The van der Waals surface area contributed by atoms with E-state index < -0.39 is 0 Å². The second-order valence-corrected chi connectivity index (χ2v) is 5.67. The van der Waals surface area contributed by atoms with Crippen LogP contribution >= 0.6 is 0 Å². The van der Waals surface area contributed by atoms with E-state index in [1.165, 1.54) is 44.9 Å². The Kier molecular flexibility index (Phi) is 6.75. The molecule has 0 heterocycles. The minimum absolute atomic E-state index is 0.767. The number of unbranched alkanes of at least 4 members (excludes halogenated alkanes) is 1. The van der Waals surface area contributed by atoms with Crippen LogP contribution in [0.2, 0.25) is 0 Å². The smallest absolute Gasteiger partial charge is 0.119 e. The Balaban J connectivity index is 2.33. The van der Waals surface area contributed by atoms with Crippen LogP contribution < -0.4 is 0 Å². The number of hydrogen-bond acceptors (Lipinski definition) is 1. The Morgan fingerprint density at radius 3 is 2.44 bits per heavy atom. The lowest BCUT2D eigenvalue weighted by Gasteiger charge is -2.32. The first-order chi connectivity index (χ1) is 7.77. The minimum Gasteiger partial charge on any atom is -0.303 e. The van der Waals surface area contributed by atoms with Crippen LogP contribution in [0.1, 0.15) is 71.6 Å². The Hall–Kier alpha value is -0.330. The molecule has 0 aromatic heterocycles. The predicted octanol–water partition coefficient (Wildman–Crippen LogP) is 4.60. The molecule has 1 heteroatoms. The van der Waals surface area contributed by atoms with Crippen LogP contribution in [-0.4, -0.2) is 6.29 Å². The van der Waals surface area contributed by atoms with Crippen LogP contribution in [0.5, 0.6) is 0 Å². The summed E-state index contributed by atoms with van der Waals surface area (Å²) in [6.07, 6.45) is 12.6. The van der Waals surface area contributed by atoms with E-state index in [2.05, 4.69) is 13.8 Å². The molecule has 1 aliphatic rings. The van der Waals surface area contributed by atoms with Crippen molar-refractivity contribution in [1.29, 1.82) is 0 Å². The lowest BCUT2D eigenvalue weighted by atomic mass is 9.73. The zero-order chi connectivity index (χ0) is 11.8. The lowest BCUT2D eigenvalue weighted by molar-refractivity contribution is -0.108. The molecule has 94 valence electrons. The SMILES string of the molecule is CCC[C@H](CCCC=O)C1CCC(C)CC1. The fourth-order valence-electron chi connectivity index (χ4n) is 3.21. The van der Waals surface area contributed by atoms with Crippen LogP contribution in [0.3, 0.4) is 0 Å².